The van der Waals surface area contributed by atoms with Crippen molar-refractivity contribution in [2.75, 3.05) is 6.54 Å². The first-order valence-corrected chi connectivity index (χ1v) is 6.58. The van der Waals surface area contributed by atoms with Crippen LogP contribution in [0.15, 0.2) is 33.9 Å². The normalized spacial score (nSPS) is 15.9. The summed E-state index contributed by atoms with van der Waals surface area (Å²) < 4.78 is 39.1. The van der Waals surface area contributed by atoms with E-state index in [-0.39, 0.29) is 6.04 Å². The molecule has 0 heterocycles. The molecule has 1 aromatic rings. The van der Waals surface area contributed by atoms with Crippen LogP contribution in [0.5, 0.6) is 0 Å². The molecule has 0 fully saturated rings. The van der Waals surface area contributed by atoms with E-state index in [0.29, 0.717) is 0 Å². The minimum Gasteiger partial charge on any atom is -0.409 e. The molecule has 0 aliphatic heterocycles. The number of hydrogen-bond acceptors (Lipinski definition) is 3. The maximum absolute atomic E-state index is 12.8. The highest BCUT2D eigenvalue weighted by molar-refractivity contribution is 9.10. The zero-order valence-electron chi connectivity index (χ0n) is 10.7. The molecule has 0 saturated heterocycles. The average molecular weight is 354 g/mol. The van der Waals surface area contributed by atoms with Crippen molar-refractivity contribution in [2.45, 2.75) is 19.1 Å². The molecule has 0 aromatic heterocycles. The lowest BCUT2D eigenvalue weighted by atomic mass is 10.1. The fourth-order valence-corrected chi connectivity index (χ4v) is 2.06. The van der Waals surface area contributed by atoms with Gasteiger partial charge in [-0.05, 0) is 24.6 Å². The van der Waals surface area contributed by atoms with Crippen LogP contribution in [0.2, 0.25) is 0 Å². The predicted octanol–water partition coefficient (Wildman–Crippen LogP) is 3.02. The molecule has 0 radical (unpaired) electrons. The van der Waals surface area contributed by atoms with Crippen molar-refractivity contribution in [3.8, 4) is 0 Å². The molecule has 0 bridgehead atoms. The second kappa shape index (κ2) is 6.94. The molecule has 0 aliphatic carbocycles. The number of nitrogens with zero attached hydrogens (tertiary/aromatic N) is 1. The van der Waals surface area contributed by atoms with E-state index in [9.17, 15) is 13.2 Å². The van der Waals surface area contributed by atoms with E-state index < -0.39 is 24.5 Å². The molecule has 4 nitrogen and oxygen atoms in total. The smallest absolute Gasteiger partial charge is 0.400 e. The molecule has 8 heteroatoms. The van der Waals surface area contributed by atoms with Gasteiger partial charge in [0.25, 0.3) is 0 Å². The van der Waals surface area contributed by atoms with Crippen LogP contribution >= 0.6 is 15.9 Å². The van der Waals surface area contributed by atoms with E-state index in [1.165, 1.54) is 0 Å². The van der Waals surface area contributed by atoms with Crippen molar-refractivity contribution in [3.63, 3.8) is 0 Å². The lowest BCUT2D eigenvalue weighted by Gasteiger charge is -2.22. The van der Waals surface area contributed by atoms with Crippen molar-refractivity contribution in [3.05, 3.63) is 34.3 Å². The third-order valence-corrected chi connectivity index (χ3v) is 3.34. The molecule has 0 spiro atoms. The SMILES string of the molecule is C[C@H](NCC(/C(N)=N/O)C(F)(F)F)c1cccc(Br)c1. The van der Waals surface area contributed by atoms with Gasteiger partial charge in [-0.25, -0.2) is 0 Å². The molecule has 1 unspecified atom stereocenters. The highest BCUT2D eigenvalue weighted by Crippen LogP contribution is 2.27. The number of hydrogen-bond donors (Lipinski definition) is 3. The first-order chi connectivity index (χ1) is 9.25. The number of nitrogens with one attached hydrogen (secondary N) is 1. The van der Waals surface area contributed by atoms with Gasteiger partial charge < -0.3 is 16.3 Å². The van der Waals surface area contributed by atoms with Gasteiger partial charge in [0.05, 0.1) is 0 Å². The van der Waals surface area contributed by atoms with Crippen molar-refractivity contribution in [2.24, 2.45) is 16.8 Å². The lowest BCUT2D eigenvalue weighted by Crippen LogP contribution is -2.43. The minimum absolute atomic E-state index is 0.302. The largest absolute Gasteiger partial charge is 0.409 e. The second-order valence-electron chi connectivity index (χ2n) is 4.30. The van der Waals surface area contributed by atoms with E-state index in [0.717, 1.165) is 10.0 Å². The number of amidine groups is 1. The summed E-state index contributed by atoms with van der Waals surface area (Å²) >= 11 is 3.30. The van der Waals surface area contributed by atoms with Gasteiger partial charge in [-0.1, -0.05) is 33.2 Å². The molecule has 0 aliphatic rings. The Morgan fingerprint density at radius 1 is 1.50 bits per heavy atom. The number of halogens is 4. The first-order valence-electron chi connectivity index (χ1n) is 5.78. The number of rotatable bonds is 5. The van der Waals surface area contributed by atoms with Gasteiger partial charge in [-0.15, -0.1) is 0 Å². The van der Waals surface area contributed by atoms with Gasteiger partial charge in [-0.2, -0.15) is 13.2 Å². The van der Waals surface area contributed by atoms with Gasteiger partial charge in [0.1, 0.15) is 5.92 Å². The monoisotopic (exact) mass is 353 g/mol. The van der Waals surface area contributed by atoms with Gasteiger partial charge >= 0.3 is 6.18 Å². The molecular formula is C12H15BrF3N3O. The number of oxime groups is 1. The molecule has 20 heavy (non-hydrogen) atoms. The summed E-state index contributed by atoms with van der Waals surface area (Å²) in [6.07, 6.45) is -4.57. The summed E-state index contributed by atoms with van der Waals surface area (Å²) in [5, 5.41) is 13.6. The van der Waals surface area contributed by atoms with E-state index in [1.54, 1.807) is 19.1 Å². The Morgan fingerprint density at radius 3 is 2.65 bits per heavy atom. The van der Waals surface area contributed by atoms with Crippen LogP contribution in [0.3, 0.4) is 0 Å². The molecule has 2 atom stereocenters. The maximum atomic E-state index is 12.8. The third-order valence-electron chi connectivity index (χ3n) is 2.84. The summed E-state index contributed by atoms with van der Waals surface area (Å²) in [6, 6.07) is 6.93. The Bertz CT molecular complexity index is 479. The summed E-state index contributed by atoms with van der Waals surface area (Å²) in [4.78, 5) is 0. The number of nitrogens with two attached hydrogens (primary N) is 1. The zero-order chi connectivity index (χ0) is 15.3. The zero-order valence-corrected chi connectivity index (χ0v) is 12.2. The Kier molecular flexibility index (Phi) is 5.82. The van der Waals surface area contributed by atoms with Gasteiger partial charge in [-0.3, -0.25) is 0 Å². The van der Waals surface area contributed by atoms with Crippen LogP contribution in [-0.4, -0.2) is 23.8 Å². The van der Waals surface area contributed by atoms with Crippen molar-refractivity contribution < 1.29 is 18.4 Å². The molecule has 1 aromatic carbocycles. The summed E-state index contributed by atoms with van der Waals surface area (Å²) in [5.74, 6) is -2.88. The maximum Gasteiger partial charge on any atom is 0.400 e. The topological polar surface area (TPSA) is 70.6 Å². The van der Waals surface area contributed by atoms with Crippen LogP contribution < -0.4 is 11.1 Å². The lowest BCUT2D eigenvalue weighted by molar-refractivity contribution is -0.155. The van der Waals surface area contributed by atoms with Crippen LogP contribution in [-0.2, 0) is 0 Å². The molecule has 0 amide bonds. The van der Waals surface area contributed by atoms with E-state index in [1.807, 2.05) is 12.1 Å². The summed E-state index contributed by atoms with van der Waals surface area (Å²) in [6.45, 7) is 1.27. The summed E-state index contributed by atoms with van der Waals surface area (Å²) in [7, 11) is 0. The molecular weight excluding hydrogens is 339 g/mol. The Morgan fingerprint density at radius 2 is 2.15 bits per heavy atom. The van der Waals surface area contributed by atoms with Crippen molar-refractivity contribution >= 4 is 21.8 Å². The summed E-state index contributed by atoms with van der Waals surface area (Å²) in [5.41, 5.74) is 5.92. The van der Waals surface area contributed by atoms with E-state index >= 15 is 0 Å². The van der Waals surface area contributed by atoms with Crippen molar-refractivity contribution in [1.82, 2.24) is 5.32 Å². The van der Waals surface area contributed by atoms with Gasteiger partial charge in [0.2, 0.25) is 0 Å². The number of benzene rings is 1. The molecule has 4 N–H and O–H groups in total. The molecule has 112 valence electrons. The Balaban J connectivity index is 2.73. The van der Waals surface area contributed by atoms with Crippen LogP contribution in [0.1, 0.15) is 18.5 Å². The van der Waals surface area contributed by atoms with Crippen molar-refractivity contribution in [1.29, 1.82) is 0 Å². The number of alkyl halides is 3. The van der Waals surface area contributed by atoms with Gasteiger partial charge in [0, 0.05) is 17.1 Å². The van der Waals surface area contributed by atoms with E-state index in [4.69, 9.17) is 10.9 Å². The van der Waals surface area contributed by atoms with Gasteiger partial charge in [0.15, 0.2) is 5.84 Å². The fraction of sp³-hybridized carbons (Fsp3) is 0.417. The van der Waals surface area contributed by atoms with Crippen LogP contribution in [0, 0.1) is 5.92 Å². The quantitative estimate of drug-likeness (QED) is 0.330. The fourth-order valence-electron chi connectivity index (χ4n) is 1.65. The van der Waals surface area contributed by atoms with E-state index in [2.05, 4.69) is 26.4 Å². The predicted molar refractivity (Wildman–Crippen MR) is 73.5 cm³/mol. The van der Waals surface area contributed by atoms with Crippen LogP contribution in [0.25, 0.3) is 0 Å². The molecule has 0 saturated carbocycles. The van der Waals surface area contributed by atoms with Crippen LogP contribution in [0.4, 0.5) is 13.2 Å². The molecule has 1 rings (SSSR count). The minimum atomic E-state index is -4.57. The first kappa shape index (κ1) is 16.8. The standard InChI is InChI=1S/C12H15BrF3N3O/c1-7(8-3-2-4-9(13)5-8)18-6-10(11(17)19-20)12(14,15)16/h2-5,7,10,18,20H,6H2,1H3,(H2,17,19)/t7-,10?/m0/s1. The Hall–Kier alpha value is -1.28. The third kappa shape index (κ3) is 4.68. The average Bonchev–Trinajstić information content (AvgIpc) is 2.36. The second-order valence-corrected chi connectivity index (χ2v) is 5.22. The highest BCUT2D eigenvalue weighted by Gasteiger charge is 2.42. The Labute approximate surface area is 123 Å². The highest BCUT2D eigenvalue weighted by atomic mass is 79.9.